The van der Waals surface area contributed by atoms with E-state index in [2.05, 4.69) is 270 Å². The van der Waals surface area contributed by atoms with Crippen molar-refractivity contribution in [2.24, 2.45) is 0 Å². The van der Waals surface area contributed by atoms with E-state index < -0.39 is 13.4 Å². The molecular weight excluding hydrogens is 2240 g/mol. The summed E-state index contributed by atoms with van der Waals surface area (Å²) in [6, 6.07) is 75.1. The Morgan fingerprint density at radius 2 is 0.735 bits per heavy atom. The third-order valence-electron chi connectivity index (χ3n) is 25.6. The fourth-order valence-electron chi connectivity index (χ4n) is 19.2. The average molecular weight is 2320 g/mol. The molecule has 8 aromatic carbocycles. The van der Waals surface area contributed by atoms with Crippen LogP contribution >= 0.6 is 0 Å². The molecule has 8 aliphatic rings. The van der Waals surface area contributed by atoms with Crippen molar-refractivity contribution < 1.29 is 86.9 Å². The quantitative estimate of drug-likeness (QED) is 0.107. The van der Waals surface area contributed by atoms with E-state index in [9.17, 15) is 0 Å². The predicted octanol–water partition coefficient (Wildman–Crippen LogP) is 15.3. The first-order valence-electron chi connectivity index (χ1n) is 44.4. The molecule has 0 fully saturated rings. The van der Waals surface area contributed by atoms with Crippen molar-refractivity contribution in [3.8, 4) is 80.9 Å². The normalized spacial score (nSPS) is 14.1. The molecule has 0 atom stereocenters. The van der Waals surface area contributed by atoms with Crippen molar-refractivity contribution in [2.75, 3.05) is 28.8 Å². The molecule has 0 unspecified atom stereocenters. The van der Waals surface area contributed by atoms with Crippen LogP contribution in [0.1, 0.15) is 105 Å². The summed E-state index contributed by atoms with van der Waals surface area (Å²) >= 11 is 0. The summed E-state index contributed by atoms with van der Waals surface area (Å²) in [5.41, 5.74) is 23.2. The van der Waals surface area contributed by atoms with Gasteiger partial charge in [0.2, 0.25) is 12.6 Å². The number of para-hydroxylation sites is 9. The van der Waals surface area contributed by atoms with Gasteiger partial charge in [-0.3, -0.25) is 24.9 Å². The van der Waals surface area contributed by atoms with Crippen molar-refractivity contribution in [1.82, 2.24) is 77.9 Å². The number of pyridine rings is 6. The van der Waals surface area contributed by atoms with Crippen LogP contribution in [0.15, 0.2) is 244 Å². The second-order valence-electron chi connectivity index (χ2n) is 38.6. The van der Waals surface area contributed by atoms with Crippen molar-refractivity contribution in [1.29, 1.82) is 0 Å². The van der Waals surface area contributed by atoms with E-state index >= 15 is 0 Å². The van der Waals surface area contributed by atoms with Crippen molar-refractivity contribution in [3.05, 3.63) is 317 Å². The van der Waals surface area contributed by atoms with E-state index in [-0.39, 0.29) is 91.6 Å². The molecule has 8 aliphatic heterocycles. The molecule has 0 saturated carbocycles. The minimum atomic E-state index is -0.423. The zero-order valence-electron chi connectivity index (χ0n) is 76.5. The summed E-state index contributed by atoms with van der Waals surface area (Å²) in [5.74, 6) is 9.79. The largest absolute Gasteiger partial charge is 4.00 e. The van der Waals surface area contributed by atoms with E-state index in [0.29, 0.717) is 63.6 Å². The van der Waals surface area contributed by atoms with Crippen LogP contribution in [-0.4, -0.2) is 112 Å². The number of fused-ring (bicyclic) bond motifs is 16. The molecule has 672 valence electrons. The topological polar surface area (TPSA) is 211 Å². The van der Waals surface area contributed by atoms with Gasteiger partial charge in [0.25, 0.3) is 0 Å². The summed E-state index contributed by atoms with van der Waals surface area (Å²) in [4.78, 5) is 59.5. The summed E-state index contributed by atoms with van der Waals surface area (Å²) in [6.45, 7) is 29.4. The Morgan fingerprint density at radius 1 is 0.346 bits per heavy atom. The Bertz CT molecular complexity index is 7310. The van der Waals surface area contributed by atoms with Crippen molar-refractivity contribution in [3.63, 3.8) is 0 Å². The van der Waals surface area contributed by atoms with E-state index in [1.807, 2.05) is 171 Å². The van der Waals surface area contributed by atoms with Crippen LogP contribution in [-0.2, 0) is 84.9 Å². The SMILES string of the molecule is CC(C)(C)c1cc(-n2[c-]nc3ccccc32)nc2c1Oc1ccnc3c1B2c1nc(-n2[c-]nc4ccccc42)cc(C(C)(C)C)c1O3.CC(C)(C)c1cc(-n2[c-]nc3ccccc32)nc2c1Oc1cncc3c1B2c1nc(-n2[c-]nc4ccccc42)cc(C(C)(C)C)c1O3.CN1C=CN(c2[c-]c3c(cc2)Oc2cccc4c2B3c2[c-]c(N3C=CN(C)[CH-]3)ccc2N4c2ccccc2)[CH-]1.[Pt+2].[Pt+2].[Pt+4]. The second kappa shape index (κ2) is 33.4. The van der Waals surface area contributed by atoms with Crippen molar-refractivity contribution >= 4 is 142 Å². The maximum Gasteiger partial charge on any atom is 4.00 e. The van der Waals surface area contributed by atoms with E-state index in [1.54, 1.807) is 18.6 Å². The predicted molar refractivity (Wildman–Crippen MR) is 521 cm³/mol. The number of hydrogen-bond acceptors (Lipinski definition) is 20. The first kappa shape index (κ1) is 88.8. The Labute approximate surface area is 831 Å². The van der Waals surface area contributed by atoms with Gasteiger partial charge in [-0.15, -0.1) is 41.1 Å². The zero-order valence-corrected chi connectivity index (χ0v) is 83.3. The molecule has 0 aliphatic carbocycles. The number of anilines is 5. The summed E-state index contributed by atoms with van der Waals surface area (Å²) in [6.07, 6.45) is 26.2. The number of rotatable bonds is 7. The first-order chi connectivity index (χ1) is 64.3. The van der Waals surface area contributed by atoms with Crippen LogP contribution in [0.2, 0.25) is 0 Å². The Morgan fingerprint density at radius 3 is 1.16 bits per heavy atom. The van der Waals surface area contributed by atoms with Gasteiger partial charge in [0.15, 0.2) is 0 Å². The van der Waals surface area contributed by atoms with Gasteiger partial charge < -0.3 is 86.4 Å². The number of benzene rings is 8. The molecule has 26 rings (SSSR count). The minimum Gasteiger partial charge on any atom is -0.518 e. The molecule has 24 nitrogen and oxygen atoms in total. The van der Waals surface area contributed by atoms with E-state index in [4.69, 9.17) is 48.6 Å². The molecule has 30 heteroatoms. The van der Waals surface area contributed by atoms with E-state index in [1.165, 1.54) is 0 Å². The average Bonchev–Trinajstić information content (AvgIpc) is 0.860. The van der Waals surface area contributed by atoms with Crippen molar-refractivity contribution in [2.45, 2.75) is 105 Å². The fraction of sp³-hybridized carbons (Fsp3) is 0.170. The number of nitrogens with zero attached hydrogens (tertiary/aromatic N) is 19. The van der Waals surface area contributed by atoms with Gasteiger partial charge in [-0.1, -0.05) is 256 Å². The Balaban J connectivity index is 0.000000121. The van der Waals surface area contributed by atoms with Crippen LogP contribution < -0.4 is 88.1 Å². The molecule has 0 spiro atoms. The summed E-state index contributed by atoms with van der Waals surface area (Å²) in [5, 5.41) is 0. The molecule has 0 amide bonds. The Hall–Kier alpha value is -13.7. The molecule has 18 heterocycles. The zero-order chi connectivity index (χ0) is 90.6. The molecule has 0 N–H and O–H groups in total. The van der Waals surface area contributed by atoms with Gasteiger partial charge in [-0.05, 0) is 141 Å². The maximum atomic E-state index is 6.75. The minimum absolute atomic E-state index is 0. The van der Waals surface area contributed by atoms with Gasteiger partial charge >= 0.3 is 76.6 Å². The molecule has 0 radical (unpaired) electrons. The second-order valence-corrected chi connectivity index (χ2v) is 38.6. The summed E-state index contributed by atoms with van der Waals surface area (Å²) in [7, 11) is 4.05. The molecule has 10 aromatic heterocycles. The van der Waals surface area contributed by atoms with Gasteiger partial charge in [-0.2, -0.15) is 30.9 Å². The Kier molecular flexibility index (Phi) is 21.8. The van der Waals surface area contributed by atoms with Crippen LogP contribution in [0.5, 0.6) is 57.6 Å². The third-order valence-corrected chi connectivity index (χ3v) is 25.6. The molecule has 0 bridgehead atoms. The first-order valence-corrected chi connectivity index (χ1v) is 44.4. The summed E-state index contributed by atoms with van der Waals surface area (Å²) < 4.78 is 41.1. The maximum absolute atomic E-state index is 6.75. The third kappa shape index (κ3) is 14.8. The standard InChI is InChI=1S/2C37H30BN7O2.C32H24BN5O.3Pt/c1-36(2,3)21-15-29(44-19-40-23-11-7-9-13-25(23)44)42-34-32(21)46-27-17-39-18-28-31(27)38(34)35-33(47-28)22(37(4,5)6)16-30(43-35)45-20-41-24-12-8-10-14-26(24)45;1-36(2,3)21-17-28(44-19-40-23-11-7-9-13-25(23)44)42-33-31(21)46-27-15-16-39-35-30(27)38(33)34-32(47-35)22(37(4,5)6)18-29(43-34)45-20-41-24-12-8-10-14-26(24)45;1-34-15-17-36(21-34)24-11-13-28-26(19-24)33-27-20-25(37-18-16-35(2)22-37)12-14-30(27)39-31-10-6-9-29(32(31)33)38(28)23-7-4-3-5-8-23;;;/h2*7-18H,1-6H3;3-18,21-22H,1-2H3;;;/q2*-2;-4;2*+2;+4. The smallest absolute Gasteiger partial charge is 0.518 e. The molecule has 0 saturated heterocycles. The van der Waals surface area contributed by atoms with Gasteiger partial charge in [0.05, 0.1) is 58.0 Å². The fourth-order valence-corrected chi connectivity index (χ4v) is 19.2. The van der Waals surface area contributed by atoms with E-state index in [0.717, 1.165) is 162 Å². The molecule has 18 aromatic rings. The monoisotopic (exact) mass is 2320 g/mol. The number of imidazole rings is 4. The van der Waals surface area contributed by atoms with Crippen LogP contribution in [0, 0.1) is 50.8 Å². The van der Waals surface area contributed by atoms with Gasteiger partial charge in [-0.25, -0.2) is 4.98 Å². The molecular formula is C106H84B3N19O5Pt3. The van der Waals surface area contributed by atoms with Gasteiger partial charge in [0, 0.05) is 59.6 Å². The van der Waals surface area contributed by atoms with Crippen LogP contribution in [0.3, 0.4) is 0 Å². The number of aromatic nitrogens is 14. The van der Waals surface area contributed by atoms with Crippen LogP contribution in [0.4, 0.5) is 28.4 Å². The number of hydrogen-bond donors (Lipinski definition) is 0. The van der Waals surface area contributed by atoms with Gasteiger partial charge in [0.1, 0.15) is 46.0 Å². The van der Waals surface area contributed by atoms with Crippen LogP contribution in [0.25, 0.3) is 67.4 Å². The molecule has 136 heavy (non-hydrogen) atoms. The number of ether oxygens (including phenoxy) is 5.